The maximum absolute atomic E-state index is 12.7. The lowest BCUT2D eigenvalue weighted by Crippen LogP contribution is -2.49. The maximum Gasteiger partial charge on any atom is 0.246 e. The molecule has 2 amide bonds. The summed E-state index contributed by atoms with van der Waals surface area (Å²) in [5, 5.41) is 4.77. The van der Waals surface area contributed by atoms with Crippen LogP contribution in [-0.4, -0.2) is 57.6 Å². The number of aromatic nitrogens is 2. The van der Waals surface area contributed by atoms with Crippen LogP contribution in [0, 0.1) is 0 Å². The molecule has 1 saturated heterocycles. The standard InChI is InChI=1S/C24H24N4O2/c1-19(29)26-14-16-27(17-15-26)23(30)13-12-21-18-28(22-10-6-3-7-11-22)25-24(21)20-8-4-2-5-9-20/h2-13,18H,14-17H2,1H3/b13-12+. The zero-order valence-electron chi connectivity index (χ0n) is 16.9. The first-order chi connectivity index (χ1) is 14.6. The first-order valence-electron chi connectivity index (χ1n) is 10.0. The summed E-state index contributed by atoms with van der Waals surface area (Å²) in [5.41, 5.74) is 3.65. The lowest BCUT2D eigenvalue weighted by atomic mass is 10.1. The van der Waals surface area contributed by atoms with Crippen LogP contribution in [0.5, 0.6) is 0 Å². The van der Waals surface area contributed by atoms with E-state index in [1.807, 2.05) is 77.6 Å². The van der Waals surface area contributed by atoms with Crippen LogP contribution < -0.4 is 0 Å². The summed E-state index contributed by atoms with van der Waals surface area (Å²) < 4.78 is 1.83. The molecule has 0 unspecified atom stereocenters. The molecule has 1 aromatic heterocycles. The molecule has 152 valence electrons. The molecule has 0 N–H and O–H groups in total. The van der Waals surface area contributed by atoms with E-state index in [4.69, 9.17) is 5.10 Å². The zero-order chi connectivity index (χ0) is 20.9. The highest BCUT2D eigenvalue weighted by Crippen LogP contribution is 2.24. The average Bonchev–Trinajstić information content (AvgIpc) is 3.23. The van der Waals surface area contributed by atoms with Gasteiger partial charge in [0.1, 0.15) is 0 Å². The van der Waals surface area contributed by atoms with E-state index in [1.165, 1.54) is 0 Å². The highest BCUT2D eigenvalue weighted by Gasteiger charge is 2.21. The molecule has 0 atom stereocenters. The van der Waals surface area contributed by atoms with Gasteiger partial charge in [0.05, 0.1) is 11.4 Å². The largest absolute Gasteiger partial charge is 0.339 e. The Morgan fingerprint density at radius 3 is 2.10 bits per heavy atom. The van der Waals surface area contributed by atoms with Crippen molar-refractivity contribution in [3.63, 3.8) is 0 Å². The molecule has 6 heteroatoms. The van der Waals surface area contributed by atoms with Gasteiger partial charge in [0, 0.05) is 56.5 Å². The molecular weight excluding hydrogens is 376 g/mol. The summed E-state index contributed by atoms with van der Waals surface area (Å²) in [6.45, 7) is 3.83. The van der Waals surface area contributed by atoms with E-state index >= 15 is 0 Å². The summed E-state index contributed by atoms with van der Waals surface area (Å²) in [5.74, 6) is 0.00291. The van der Waals surface area contributed by atoms with Crippen LogP contribution in [0.15, 0.2) is 72.9 Å². The predicted molar refractivity (Wildman–Crippen MR) is 117 cm³/mol. The molecule has 0 radical (unpaired) electrons. The van der Waals surface area contributed by atoms with E-state index in [2.05, 4.69) is 0 Å². The molecule has 1 aliphatic heterocycles. The van der Waals surface area contributed by atoms with Crippen molar-refractivity contribution in [3.8, 4) is 16.9 Å². The minimum atomic E-state index is -0.0512. The number of carbonyl (C=O) groups excluding carboxylic acids is 2. The Morgan fingerprint density at radius 2 is 1.47 bits per heavy atom. The predicted octanol–water partition coefficient (Wildman–Crippen LogP) is 3.24. The van der Waals surface area contributed by atoms with Crippen LogP contribution in [-0.2, 0) is 9.59 Å². The Bertz CT molecular complexity index is 1050. The van der Waals surface area contributed by atoms with Gasteiger partial charge >= 0.3 is 0 Å². The summed E-state index contributed by atoms with van der Waals surface area (Å²) in [4.78, 5) is 27.7. The van der Waals surface area contributed by atoms with Crippen LogP contribution in [0.2, 0.25) is 0 Å². The van der Waals surface area contributed by atoms with E-state index < -0.39 is 0 Å². The molecule has 3 aromatic rings. The number of hydrogen-bond acceptors (Lipinski definition) is 3. The van der Waals surface area contributed by atoms with Gasteiger partial charge in [-0.2, -0.15) is 5.10 Å². The number of rotatable bonds is 4. The van der Waals surface area contributed by atoms with Gasteiger partial charge in [-0.25, -0.2) is 4.68 Å². The molecule has 0 spiro atoms. The Kier molecular flexibility index (Phi) is 5.75. The van der Waals surface area contributed by atoms with Crippen LogP contribution in [0.25, 0.3) is 23.0 Å². The summed E-state index contributed by atoms with van der Waals surface area (Å²) in [7, 11) is 0. The normalized spacial score (nSPS) is 14.3. The van der Waals surface area contributed by atoms with E-state index in [0.717, 1.165) is 22.5 Å². The third-order valence-electron chi connectivity index (χ3n) is 5.25. The fraction of sp³-hybridized carbons (Fsp3) is 0.208. The second-order valence-electron chi connectivity index (χ2n) is 7.24. The molecule has 30 heavy (non-hydrogen) atoms. The smallest absolute Gasteiger partial charge is 0.246 e. The summed E-state index contributed by atoms with van der Waals surface area (Å²) >= 11 is 0. The Hall–Kier alpha value is -3.67. The number of para-hydroxylation sites is 1. The van der Waals surface area contributed by atoms with Gasteiger partial charge in [-0.05, 0) is 18.2 Å². The van der Waals surface area contributed by atoms with Gasteiger partial charge in [0.2, 0.25) is 11.8 Å². The van der Waals surface area contributed by atoms with Crippen molar-refractivity contribution < 1.29 is 9.59 Å². The van der Waals surface area contributed by atoms with Gasteiger partial charge < -0.3 is 9.80 Å². The van der Waals surface area contributed by atoms with Gasteiger partial charge in [0.15, 0.2) is 0 Å². The Labute approximate surface area is 176 Å². The first-order valence-corrected chi connectivity index (χ1v) is 10.0. The lowest BCUT2D eigenvalue weighted by Gasteiger charge is -2.33. The second kappa shape index (κ2) is 8.78. The molecule has 0 saturated carbocycles. The fourth-order valence-corrected chi connectivity index (χ4v) is 3.55. The van der Waals surface area contributed by atoms with Gasteiger partial charge in [-0.3, -0.25) is 9.59 Å². The van der Waals surface area contributed by atoms with Crippen molar-refractivity contribution in [1.29, 1.82) is 0 Å². The van der Waals surface area contributed by atoms with Crippen molar-refractivity contribution in [2.45, 2.75) is 6.92 Å². The van der Waals surface area contributed by atoms with E-state index in [1.54, 1.807) is 22.8 Å². The lowest BCUT2D eigenvalue weighted by molar-refractivity contribution is -0.135. The van der Waals surface area contributed by atoms with E-state index in [-0.39, 0.29) is 11.8 Å². The van der Waals surface area contributed by atoms with Crippen molar-refractivity contribution in [2.24, 2.45) is 0 Å². The third kappa shape index (κ3) is 4.33. The van der Waals surface area contributed by atoms with E-state index in [0.29, 0.717) is 26.2 Å². The number of benzene rings is 2. The molecule has 2 aromatic carbocycles. The van der Waals surface area contributed by atoms with Crippen molar-refractivity contribution in [3.05, 3.63) is 78.5 Å². The van der Waals surface area contributed by atoms with Crippen molar-refractivity contribution in [1.82, 2.24) is 19.6 Å². The maximum atomic E-state index is 12.7. The van der Waals surface area contributed by atoms with Crippen LogP contribution in [0.4, 0.5) is 0 Å². The quantitative estimate of drug-likeness (QED) is 0.632. The number of hydrogen-bond donors (Lipinski definition) is 0. The monoisotopic (exact) mass is 400 g/mol. The van der Waals surface area contributed by atoms with Gasteiger partial charge in [-0.1, -0.05) is 48.5 Å². The van der Waals surface area contributed by atoms with Crippen LogP contribution in [0.3, 0.4) is 0 Å². The molecular formula is C24H24N4O2. The molecule has 4 rings (SSSR count). The van der Waals surface area contributed by atoms with E-state index in [9.17, 15) is 9.59 Å². The molecule has 0 bridgehead atoms. The van der Waals surface area contributed by atoms with Crippen LogP contribution in [0.1, 0.15) is 12.5 Å². The molecule has 2 heterocycles. The molecule has 6 nitrogen and oxygen atoms in total. The van der Waals surface area contributed by atoms with Crippen LogP contribution >= 0.6 is 0 Å². The highest BCUT2D eigenvalue weighted by molar-refractivity contribution is 5.93. The number of carbonyl (C=O) groups is 2. The van der Waals surface area contributed by atoms with Crippen molar-refractivity contribution >= 4 is 17.9 Å². The molecule has 0 aliphatic carbocycles. The second-order valence-corrected chi connectivity index (χ2v) is 7.24. The SMILES string of the molecule is CC(=O)N1CCN(C(=O)/C=C/c2cn(-c3ccccc3)nc2-c2ccccc2)CC1. The third-order valence-corrected chi connectivity index (χ3v) is 5.25. The first kappa shape index (κ1) is 19.6. The Balaban J connectivity index is 1.58. The zero-order valence-corrected chi connectivity index (χ0v) is 16.9. The Morgan fingerprint density at radius 1 is 0.867 bits per heavy atom. The van der Waals surface area contributed by atoms with Gasteiger partial charge in [-0.15, -0.1) is 0 Å². The highest BCUT2D eigenvalue weighted by atomic mass is 16.2. The number of amides is 2. The summed E-state index contributed by atoms with van der Waals surface area (Å²) in [6, 6.07) is 19.8. The minimum Gasteiger partial charge on any atom is -0.339 e. The van der Waals surface area contributed by atoms with Gasteiger partial charge in [0.25, 0.3) is 0 Å². The molecule has 1 fully saturated rings. The number of nitrogens with zero attached hydrogens (tertiary/aromatic N) is 4. The summed E-state index contributed by atoms with van der Waals surface area (Å²) in [6.07, 6.45) is 5.37. The average molecular weight is 400 g/mol. The topological polar surface area (TPSA) is 58.4 Å². The minimum absolute atomic E-state index is 0.0512. The fourth-order valence-electron chi connectivity index (χ4n) is 3.55. The van der Waals surface area contributed by atoms with Crippen molar-refractivity contribution in [2.75, 3.05) is 26.2 Å². The number of piperazine rings is 1. The molecule has 1 aliphatic rings.